The summed E-state index contributed by atoms with van der Waals surface area (Å²) in [5.74, 6) is 0.825. The van der Waals surface area contributed by atoms with Crippen LogP contribution in [0.3, 0.4) is 0 Å². The Kier molecular flexibility index (Phi) is 3.09. The van der Waals surface area contributed by atoms with E-state index in [1.165, 1.54) is 0 Å². The van der Waals surface area contributed by atoms with Crippen LogP contribution < -0.4 is 11.1 Å². The van der Waals surface area contributed by atoms with Gasteiger partial charge in [0.15, 0.2) is 0 Å². The van der Waals surface area contributed by atoms with E-state index in [-0.39, 0.29) is 11.1 Å². The molecule has 2 rings (SSSR count). The van der Waals surface area contributed by atoms with Gasteiger partial charge in [0.25, 0.3) is 0 Å². The second kappa shape index (κ2) is 4.19. The Labute approximate surface area is 109 Å². The Morgan fingerprint density at radius 2 is 1.78 bits per heavy atom. The number of nitrogens with zero attached hydrogens (tertiary/aromatic N) is 2. The largest absolute Gasteiger partial charge is 0.368 e. The van der Waals surface area contributed by atoms with Gasteiger partial charge in [-0.15, -0.1) is 0 Å². The molecule has 0 radical (unpaired) electrons. The maximum absolute atomic E-state index is 5.73. The van der Waals surface area contributed by atoms with Crippen molar-refractivity contribution in [2.24, 2.45) is 0 Å². The molecule has 1 aliphatic rings. The SMILES string of the molecule is Cc1cnc(N)nc1C1CC(C)(C)NC(C)(C)C1. The minimum Gasteiger partial charge on any atom is -0.368 e. The molecule has 4 heteroatoms. The van der Waals surface area contributed by atoms with Gasteiger partial charge in [0.2, 0.25) is 5.95 Å². The van der Waals surface area contributed by atoms with E-state index < -0.39 is 0 Å². The fourth-order valence-electron chi connectivity index (χ4n) is 3.40. The molecule has 100 valence electrons. The minimum atomic E-state index is 0.124. The summed E-state index contributed by atoms with van der Waals surface area (Å²) in [7, 11) is 0. The summed E-state index contributed by atoms with van der Waals surface area (Å²) in [4.78, 5) is 8.52. The van der Waals surface area contributed by atoms with Crippen LogP contribution in [-0.2, 0) is 0 Å². The highest BCUT2D eigenvalue weighted by Gasteiger charge is 2.39. The molecular formula is C14H24N4. The van der Waals surface area contributed by atoms with Crippen LogP contribution in [0.1, 0.15) is 57.7 Å². The van der Waals surface area contributed by atoms with Crippen LogP contribution in [0.4, 0.5) is 5.95 Å². The average molecular weight is 248 g/mol. The van der Waals surface area contributed by atoms with E-state index >= 15 is 0 Å². The van der Waals surface area contributed by atoms with Crippen molar-refractivity contribution in [3.8, 4) is 0 Å². The Hall–Kier alpha value is -1.16. The first-order valence-corrected chi connectivity index (χ1v) is 6.57. The van der Waals surface area contributed by atoms with Crippen molar-refractivity contribution < 1.29 is 0 Å². The van der Waals surface area contributed by atoms with E-state index in [0.717, 1.165) is 24.1 Å². The molecule has 1 fully saturated rings. The van der Waals surface area contributed by atoms with Gasteiger partial charge < -0.3 is 11.1 Å². The van der Waals surface area contributed by atoms with Crippen molar-refractivity contribution in [1.82, 2.24) is 15.3 Å². The van der Waals surface area contributed by atoms with Crippen LogP contribution in [0, 0.1) is 6.92 Å². The summed E-state index contributed by atoms with van der Waals surface area (Å²) in [6.07, 6.45) is 3.99. The van der Waals surface area contributed by atoms with E-state index in [1.807, 2.05) is 6.20 Å². The zero-order valence-electron chi connectivity index (χ0n) is 12.0. The molecule has 0 spiro atoms. The summed E-state index contributed by atoms with van der Waals surface area (Å²) in [5.41, 5.74) is 8.24. The average Bonchev–Trinajstić information content (AvgIpc) is 2.17. The van der Waals surface area contributed by atoms with Gasteiger partial charge in [-0.25, -0.2) is 9.97 Å². The molecule has 1 aromatic heterocycles. The summed E-state index contributed by atoms with van der Waals surface area (Å²) in [6, 6.07) is 0. The normalized spacial score (nSPS) is 22.9. The Morgan fingerprint density at radius 3 is 2.33 bits per heavy atom. The number of aromatic nitrogens is 2. The zero-order chi connectivity index (χ0) is 13.6. The van der Waals surface area contributed by atoms with Crippen molar-refractivity contribution >= 4 is 5.95 Å². The Bertz CT molecular complexity index is 435. The zero-order valence-corrected chi connectivity index (χ0v) is 12.0. The van der Waals surface area contributed by atoms with Crippen LogP contribution in [0.2, 0.25) is 0 Å². The number of hydrogen-bond donors (Lipinski definition) is 2. The Morgan fingerprint density at radius 1 is 1.22 bits per heavy atom. The van der Waals surface area contributed by atoms with Gasteiger partial charge in [-0.2, -0.15) is 0 Å². The lowest BCUT2D eigenvalue weighted by Gasteiger charge is -2.46. The van der Waals surface area contributed by atoms with Gasteiger partial charge in [-0.05, 0) is 53.0 Å². The molecule has 0 unspecified atom stereocenters. The van der Waals surface area contributed by atoms with Crippen molar-refractivity contribution in [3.63, 3.8) is 0 Å². The molecule has 0 aromatic carbocycles. The molecule has 1 aromatic rings. The maximum Gasteiger partial charge on any atom is 0.220 e. The summed E-state index contributed by atoms with van der Waals surface area (Å²) in [5, 5.41) is 3.69. The van der Waals surface area contributed by atoms with Gasteiger partial charge in [0.1, 0.15) is 0 Å². The van der Waals surface area contributed by atoms with E-state index in [9.17, 15) is 0 Å². The predicted molar refractivity (Wildman–Crippen MR) is 74.5 cm³/mol. The van der Waals surface area contributed by atoms with Crippen molar-refractivity contribution in [2.75, 3.05) is 5.73 Å². The van der Waals surface area contributed by atoms with Crippen LogP contribution in [0.15, 0.2) is 6.20 Å². The molecule has 3 N–H and O–H groups in total. The van der Waals surface area contributed by atoms with E-state index in [4.69, 9.17) is 5.73 Å². The minimum absolute atomic E-state index is 0.124. The topological polar surface area (TPSA) is 63.8 Å². The highest BCUT2D eigenvalue weighted by Crippen LogP contribution is 2.39. The van der Waals surface area contributed by atoms with Crippen molar-refractivity contribution in [3.05, 3.63) is 17.5 Å². The molecule has 4 nitrogen and oxygen atoms in total. The monoisotopic (exact) mass is 248 g/mol. The second-order valence-electron chi connectivity index (χ2n) is 6.79. The smallest absolute Gasteiger partial charge is 0.220 e. The lowest BCUT2D eigenvalue weighted by atomic mass is 9.74. The van der Waals surface area contributed by atoms with Crippen LogP contribution in [-0.4, -0.2) is 21.0 Å². The van der Waals surface area contributed by atoms with Gasteiger partial charge in [-0.3, -0.25) is 0 Å². The van der Waals surface area contributed by atoms with Gasteiger partial charge in [0, 0.05) is 23.2 Å². The third kappa shape index (κ3) is 2.80. The first-order valence-electron chi connectivity index (χ1n) is 6.57. The van der Waals surface area contributed by atoms with Crippen molar-refractivity contribution in [1.29, 1.82) is 0 Å². The number of nitrogen functional groups attached to an aromatic ring is 1. The molecule has 0 aliphatic carbocycles. The van der Waals surface area contributed by atoms with Gasteiger partial charge in [0.05, 0.1) is 5.69 Å². The first-order chi connectivity index (χ1) is 8.19. The molecule has 1 aliphatic heterocycles. The second-order valence-corrected chi connectivity index (χ2v) is 6.79. The number of nitrogens with one attached hydrogen (secondary N) is 1. The Balaban J connectivity index is 2.35. The van der Waals surface area contributed by atoms with Crippen LogP contribution in [0.5, 0.6) is 0 Å². The standard InChI is InChI=1S/C14H24N4/c1-9-8-16-12(15)17-11(9)10-6-13(2,3)18-14(4,5)7-10/h8,10,18H,6-7H2,1-5H3,(H2,15,16,17). The highest BCUT2D eigenvalue weighted by molar-refractivity contribution is 5.28. The number of anilines is 1. The molecule has 0 bridgehead atoms. The van der Waals surface area contributed by atoms with E-state index in [1.54, 1.807) is 0 Å². The van der Waals surface area contributed by atoms with Gasteiger partial charge in [-0.1, -0.05) is 0 Å². The number of hydrogen-bond acceptors (Lipinski definition) is 4. The highest BCUT2D eigenvalue weighted by atomic mass is 15.1. The lowest BCUT2D eigenvalue weighted by molar-refractivity contribution is 0.160. The molecular weight excluding hydrogens is 224 g/mol. The van der Waals surface area contributed by atoms with Gasteiger partial charge >= 0.3 is 0 Å². The van der Waals surface area contributed by atoms with E-state index in [2.05, 4.69) is 49.9 Å². The third-order valence-electron chi connectivity index (χ3n) is 3.61. The number of aryl methyl sites for hydroxylation is 1. The quantitative estimate of drug-likeness (QED) is 0.801. The molecule has 18 heavy (non-hydrogen) atoms. The number of piperidine rings is 1. The van der Waals surface area contributed by atoms with E-state index in [0.29, 0.717) is 11.9 Å². The fourth-order valence-corrected chi connectivity index (χ4v) is 3.40. The van der Waals surface area contributed by atoms with Crippen LogP contribution in [0.25, 0.3) is 0 Å². The predicted octanol–water partition coefficient (Wildman–Crippen LogP) is 2.39. The lowest BCUT2D eigenvalue weighted by Crippen LogP contribution is -2.57. The number of rotatable bonds is 1. The summed E-state index contributed by atoms with van der Waals surface area (Å²) in [6.45, 7) is 11.1. The molecule has 0 atom stereocenters. The first kappa shape index (κ1) is 13.3. The molecule has 0 amide bonds. The maximum atomic E-state index is 5.73. The molecule has 1 saturated heterocycles. The summed E-state index contributed by atoms with van der Waals surface area (Å²) < 4.78 is 0. The van der Waals surface area contributed by atoms with Crippen LogP contribution >= 0.6 is 0 Å². The molecule has 2 heterocycles. The fraction of sp³-hybridized carbons (Fsp3) is 0.714. The number of nitrogens with two attached hydrogens (primary N) is 1. The summed E-state index contributed by atoms with van der Waals surface area (Å²) >= 11 is 0. The molecule has 0 saturated carbocycles. The van der Waals surface area contributed by atoms with Crippen molar-refractivity contribution in [2.45, 2.75) is 64.5 Å². The third-order valence-corrected chi connectivity index (χ3v) is 3.61.